The van der Waals surface area contributed by atoms with E-state index < -0.39 is 0 Å². The summed E-state index contributed by atoms with van der Waals surface area (Å²) in [5.41, 5.74) is 0. The van der Waals surface area contributed by atoms with E-state index in [1.807, 2.05) is 18.2 Å². The first-order chi connectivity index (χ1) is 6.24. The normalized spacial score (nSPS) is 12.9. The predicted molar refractivity (Wildman–Crippen MR) is 53.6 cm³/mol. The van der Waals surface area contributed by atoms with E-state index in [-0.39, 0.29) is 12.6 Å². The Morgan fingerprint density at radius 1 is 1.46 bits per heavy atom. The highest BCUT2D eigenvalue weighted by atomic mass is 16.3. The summed E-state index contributed by atoms with van der Waals surface area (Å²) in [6.07, 6.45) is 1.73. The average molecular weight is 180 g/mol. The summed E-state index contributed by atoms with van der Waals surface area (Å²) in [6, 6.07) is 5.76. The molecule has 3 heteroatoms. The summed E-state index contributed by atoms with van der Waals surface area (Å²) >= 11 is 0. The fourth-order valence-corrected chi connectivity index (χ4v) is 1.06. The van der Waals surface area contributed by atoms with Gasteiger partial charge in [0.15, 0.2) is 0 Å². The van der Waals surface area contributed by atoms with Crippen molar-refractivity contribution in [2.75, 3.05) is 11.9 Å². The maximum absolute atomic E-state index is 9.07. The number of hydrogen-bond acceptors (Lipinski definition) is 3. The molecule has 1 rings (SSSR count). The number of nitrogens with zero attached hydrogens (tertiary/aromatic N) is 1. The van der Waals surface area contributed by atoms with E-state index in [0.717, 1.165) is 5.82 Å². The standard InChI is InChI=1S/C10H16N2O/c1-8(2)9(7-13)12-10-5-3-4-6-11-10/h3-6,8-9,13H,7H2,1-2H3,(H,11,12)/t9-/m1/s1. The highest BCUT2D eigenvalue weighted by Gasteiger charge is 2.11. The molecule has 13 heavy (non-hydrogen) atoms. The molecule has 0 spiro atoms. The molecule has 3 nitrogen and oxygen atoms in total. The molecule has 72 valence electrons. The Balaban J connectivity index is 2.57. The molecule has 0 amide bonds. The number of hydrogen-bond donors (Lipinski definition) is 2. The zero-order valence-electron chi connectivity index (χ0n) is 8.07. The van der Waals surface area contributed by atoms with E-state index in [2.05, 4.69) is 24.1 Å². The molecule has 1 aromatic heterocycles. The van der Waals surface area contributed by atoms with Crippen LogP contribution in [0.5, 0.6) is 0 Å². The fraction of sp³-hybridized carbons (Fsp3) is 0.500. The molecular weight excluding hydrogens is 164 g/mol. The van der Waals surface area contributed by atoms with Crippen molar-refractivity contribution in [1.82, 2.24) is 4.98 Å². The van der Waals surface area contributed by atoms with Gasteiger partial charge in [-0.3, -0.25) is 0 Å². The van der Waals surface area contributed by atoms with Gasteiger partial charge in [-0.05, 0) is 18.1 Å². The van der Waals surface area contributed by atoms with Gasteiger partial charge in [0.2, 0.25) is 0 Å². The van der Waals surface area contributed by atoms with Gasteiger partial charge in [0.25, 0.3) is 0 Å². The molecule has 0 radical (unpaired) electrons. The monoisotopic (exact) mass is 180 g/mol. The summed E-state index contributed by atoms with van der Waals surface area (Å²) in [7, 11) is 0. The smallest absolute Gasteiger partial charge is 0.126 e. The Bertz CT molecular complexity index is 236. The number of aliphatic hydroxyl groups excluding tert-OH is 1. The SMILES string of the molecule is CC(C)[C@@H](CO)Nc1ccccn1. The molecule has 0 aliphatic heterocycles. The minimum Gasteiger partial charge on any atom is -0.394 e. The van der Waals surface area contributed by atoms with Crippen LogP contribution >= 0.6 is 0 Å². The van der Waals surface area contributed by atoms with Crippen LogP contribution < -0.4 is 5.32 Å². The summed E-state index contributed by atoms with van der Waals surface area (Å²) in [4.78, 5) is 4.13. The van der Waals surface area contributed by atoms with Gasteiger partial charge in [-0.25, -0.2) is 4.98 Å². The molecule has 0 saturated heterocycles. The first-order valence-electron chi connectivity index (χ1n) is 4.52. The Morgan fingerprint density at radius 2 is 2.23 bits per heavy atom. The number of nitrogens with one attached hydrogen (secondary N) is 1. The van der Waals surface area contributed by atoms with E-state index in [4.69, 9.17) is 5.11 Å². The Labute approximate surface area is 78.8 Å². The van der Waals surface area contributed by atoms with Crippen molar-refractivity contribution < 1.29 is 5.11 Å². The second kappa shape index (κ2) is 4.82. The first-order valence-corrected chi connectivity index (χ1v) is 4.52. The highest BCUT2D eigenvalue weighted by Crippen LogP contribution is 2.08. The van der Waals surface area contributed by atoms with Crippen molar-refractivity contribution in [2.45, 2.75) is 19.9 Å². The number of aliphatic hydroxyl groups is 1. The van der Waals surface area contributed by atoms with Crippen molar-refractivity contribution in [3.8, 4) is 0 Å². The van der Waals surface area contributed by atoms with Gasteiger partial charge in [0.1, 0.15) is 5.82 Å². The quantitative estimate of drug-likeness (QED) is 0.738. The van der Waals surface area contributed by atoms with Crippen LogP contribution in [0.2, 0.25) is 0 Å². The number of rotatable bonds is 4. The van der Waals surface area contributed by atoms with Crippen LogP contribution in [0.1, 0.15) is 13.8 Å². The van der Waals surface area contributed by atoms with Crippen molar-refractivity contribution in [2.24, 2.45) is 5.92 Å². The molecule has 1 atom stereocenters. The van der Waals surface area contributed by atoms with Crippen LogP contribution in [-0.2, 0) is 0 Å². The minimum absolute atomic E-state index is 0.0786. The van der Waals surface area contributed by atoms with Gasteiger partial charge >= 0.3 is 0 Å². The third-order valence-corrected chi connectivity index (χ3v) is 2.00. The lowest BCUT2D eigenvalue weighted by Crippen LogP contribution is -2.29. The van der Waals surface area contributed by atoms with Crippen LogP contribution in [0.3, 0.4) is 0 Å². The lowest BCUT2D eigenvalue weighted by Gasteiger charge is -2.20. The Kier molecular flexibility index (Phi) is 3.71. The Morgan fingerprint density at radius 3 is 2.69 bits per heavy atom. The second-order valence-electron chi connectivity index (χ2n) is 3.39. The average Bonchev–Trinajstić information content (AvgIpc) is 2.15. The molecule has 0 bridgehead atoms. The van der Waals surface area contributed by atoms with E-state index in [1.54, 1.807) is 6.20 Å². The van der Waals surface area contributed by atoms with E-state index >= 15 is 0 Å². The van der Waals surface area contributed by atoms with Gasteiger partial charge in [-0.15, -0.1) is 0 Å². The molecule has 2 N–H and O–H groups in total. The van der Waals surface area contributed by atoms with E-state index in [1.165, 1.54) is 0 Å². The summed E-state index contributed by atoms with van der Waals surface area (Å²) < 4.78 is 0. The van der Waals surface area contributed by atoms with Gasteiger partial charge in [0, 0.05) is 6.20 Å². The molecule has 0 saturated carbocycles. The third kappa shape index (κ3) is 3.03. The fourth-order valence-electron chi connectivity index (χ4n) is 1.06. The molecule has 0 aliphatic carbocycles. The zero-order chi connectivity index (χ0) is 9.68. The zero-order valence-corrected chi connectivity index (χ0v) is 8.07. The van der Waals surface area contributed by atoms with Gasteiger partial charge in [-0.2, -0.15) is 0 Å². The molecule has 0 fully saturated rings. The van der Waals surface area contributed by atoms with Crippen LogP contribution in [0, 0.1) is 5.92 Å². The van der Waals surface area contributed by atoms with Gasteiger partial charge < -0.3 is 10.4 Å². The summed E-state index contributed by atoms with van der Waals surface area (Å²) in [5.74, 6) is 1.21. The van der Waals surface area contributed by atoms with Gasteiger partial charge in [-0.1, -0.05) is 19.9 Å². The number of anilines is 1. The first kappa shape index (κ1) is 9.99. The van der Waals surface area contributed by atoms with Crippen molar-refractivity contribution in [1.29, 1.82) is 0 Å². The van der Waals surface area contributed by atoms with Crippen molar-refractivity contribution >= 4 is 5.82 Å². The predicted octanol–water partition coefficient (Wildman–Crippen LogP) is 1.51. The Hall–Kier alpha value is -1.09. The lowest BCUT2D eigenvalue weighted by molar-refractivity contribution is 0.249. The topological polar surface area (TPSA) is 45.1 Å². The lowest BCUT2D eigenvalue weighted by atomic mass is 10.1. The molecular formula is C10H16N2O. The summed E-state index contributed by atoms with van der Waals surface area (Å²) in [6.45, 7) is 4.27. The molecule has 0 aromatic carbocycles. The molecule has 0 aliphatic rings. The van der Waals surface area contributed by atoms with Crippen LogP contribution in [-0.4, -0.2) is 22.7 Å². The highest BCUT2D eigenvalue weighted by molar-refractivity contribution is 5.34. The van der Waals surface area contributed by atoms with E-state index in [0.29, 0.717) is 5.92 Å². The largest absolute Gasteiger partial charge is 0.394 e. The maximum atomic E-state index is 9.07. The number of pyridine rings is 1. The molecule has 1 aromatic rings. The maximum Gasteiger partial charge on any atom is 0.126 e. The second-order valence-corrected chi connectivity index (χ2v) is 3.39. The van der Waals surface area contributed by atoms with Crippen molar-refractivity contribution in [3.05, 3.63) is 24.4 Å². The van der Waals surface area contributed by atoms with Crippen LogP contribution in [0.15, 0.2) is 24.4 Å². The molecule has 0 unspecified atom stereocenters. The summed E-state index contributed by atoms with van der Waals surface area (Å²) in [5, 5.41) is 12.2. The van der Waals surface area contributed by atoms with Gasteiger partial charge in [0.05, 0.1) is 12.6 Å². The van der Waals surface area contributed by atoms with Crippen LogP contribution in [0.25, 0.3) is 0 Å². The molecule has 1 heterocycles. The minimum atomic E-state index is 0.0786. The third-order valence-electron chi connectivity index (χ3n) is 2.00. The van der Waals surface area contributed by atoms with Crippen molar-refractivity contribution in [3.63, 3.8) is 0 Å². The number of aromatic nitrogens is 1. The van der Waals surface area contributed by atoms with Crippen LogP contribution in [0.4, 0.5) is 5.82 Å². The van der Waals surface area contributed by atoms with E-state index in [9.17, 15) is 0 Å².